The lowest BCUT2D eigenvalue weighted by Crippen LogP contribution is -2.39. The van der Waals surface area contributed by atoms with E-state index in [0.29, 0.717) is 18.9 Å². The Hall–Kier alpha value is -1.63. The molecule has 1 aliphatic rings. The minimum atomic E-state index is -0.358. The highest BCUT2D eigenvalue weighted by Gasteiger charge is 2.14. The van der Waals surface area contributed by atoms with Gasteiger partial charge in [-0.2, -0.15) is 0 Å². The van der Waals surface area contributed by atoms with Gasteiger partial charge in [0.05, 0.1) is 19.3 Å². The van der Waals surface area contributed by atoms with E-state index in [9.17, 15) is 5.11 Å². The van der Waals surface area contributed by atoms with Gasteiger partial charge >= 0.3 is 0 Å². The summed E-state index contributed by atoms with van der Waals surface area (Å²) in [6.45, 7) is 7.97. The topological polar surface area (TPSA) is 83.1 Å². The van der Waals surface area contributed by atoms with E-state index in [2.05, 4.69) is 27.3 Å². The zero-order chi connectivity index (χ0) is 17.9. The van der Waals surface area contributed by atoms with Crippen LogP contribution in [0.5, 0.6) is 0 Å². The number of nitrogens with two attached hydrogens (primary N) is 1. The summed E-state index contributed by atoms with van der Waals surface area (Å²) >= 11 is 0. The summed E-state index contributed by atoms with van der Waals surface area (Å²) in [4.78, 5) is 6.89. The van der Waals surface area contributed by atoms with E-state index < -0.39 is 0 Å². The zero-order valence-electron chi connectivity index (χ0n) is 15.2. The Labute approximate surface area is 151 Å². The summed E-state index contributed by atoms with van der Waals surface area (Å²) in [5.41, 5.74) is 7.18. The molecule has 6 nitrogen and oxygen atoms in total. The Bertz CT molecular complexity index is 501. The molecule has 0 radical (unpaired) electrons. The predicted molar refractivity (Wildman–Crippen MR) is 102 cm³/mol. The van der Waals surface area contributed by atoms with Crippen molar-refractivity contribution in [3.8, 4) is 0 Å². The van der Waals surface area contributed by atoms with Gasteiger partial charge in [0.25, 0.3) is 0 Å². The maximum Gasteiger partial charge on any atom is 0.188 e. The molecule has 2 unspecified atom stereocenters. The van der Waals surface area contributed by atoms with Crippen molar-refractivity contribution < 1.29 is 9.84 Å². The number of rotatable bonds is 9. The first-order chi connectivity index (χ1) is 12.1. The number of morpholine rings is 1. The molecule has 1 heterocycles. The molecule has 1 aromatic rings. The van der Waals surface area contributed by atoms with Crippen LogP contribution in [0.4, 0.5) is 0 Å². The second-order valence-electron chi connectivity index (χ2n) is 6.65. The van der Waals surface area contributed by atoms with Crippen molar-refractivity contribution in [2.45, 2.75) is 31.8 Å². The largest absolute Gasteiger partial charge is 0.393 e. The smallest absolute Gasteiger partial charge is 0.188 e. The van der Waals surface area contributed by atoms with Crippen molar-refractivity contribution in [2.75, 3.05) is 45.9 Å². The third kappa shape index (κ3) is 7.86. The lowest BCUT2D eigenvalue weighted by Gasteiger charge is -2.26. The van der Waals surface area contributed by atoms with E-state index >= 15 is 0 Å². The van der Waals surface area contributed by atoms with Gasteiger partial charge in [-0.15, -0.1) is 0 Å². The second-order valence-corrected chi connectivity index (χ2v) is 6.65. The molecule has 2 rings (SSSR count). The number of nitrogens with one attached hydrogen (secondary N) is 1. The normalized spacial score (nSPS) is 18.7. The molecule has 0 amide bonds. The van der Waals surface area contributed by atoms with Crippen LogP contribution in [0, 0.1) is 0 Å². The first kappa shape index (κ1) is 19.7. The number of ether oxygens (including phenoxy) is 1. The van der Waals surface area contributed by atoms with Crippen molar-refractivity contribution in [3.63, 3.8) is 0 Å². The van der Waals surface area contributed by atoms with Crippen LogP contribution in [-0.4, -0.2) is 68.0 Å². The van der Waals surface area contributed by atoms with Gasteiger partial charge in [0.2, 0.25) is 0 Å². The maximum absolute atomic E-state index is 9.74. The number of aliphatic imine (C=N–C) groups is 1. The average Bonchev–Trinajstić information content (AvgIpc) is 2.63. The zero-order valence-corrected chi connectivity index (χ0v) is 15.2. The van der Waals surface area contributed by atoms with Gasteiger partial charge in [-0.05, 0) is 31.9 Å². The van der Waals surface area contributed by atoms with Crippen LogP contribution in [0.1, 0.15) is 31.2 Å². The van der Waals surface area contributed by atoms with Gasteiger partial charge in [-0.1, -0.05) is 30.3 Å². The first-order valence-corrected chi connectivity index (χ1v) is 9.22. The van der Waals surface area contributed by atoms with E-state index in [0.717, 1.165) is 45.8 Å². The fourth-order valence-electron chi connectivity index (χ4n) is 3.06. The van der Waals surface area contributed by atoms with Crippen LogP contribution in [0.15, 0.2) is 35.3 Å². The number of aliphatic hydroxyl groups excluding tert-OH is 1. The van der Waals surface area contributed by atoms with Crippen LogP contribution in [0.25, 0.3) is 0 Å². The number of guanidine groups is 1. The third-order valence-corrected chi connectivity index (χ3v) is 4.44. The Kier molecular flexibility index (Phi) is 8.72. The summed E-state index contributed by atoms with van der Waals surface area (Å²) in [6.07, 6.45) is 1.35. The van der Waals surface area contributed by atoms with E-state index in [1.165, 1.54) is 5.56 Å². The Morgan fingerprint density at radius 2 is 2.04 bits per heavy atom. The monoisotopic (exact) mass is 348 g/mol. The molecule has 0 aliphatic carbocycles. The summed E-state index contributed by atoms with van der Waals surface area (Å²) < 4.78 is 5.35. The van der Waals surface area contributed by atoms with Crippen LogP contribution in [0.2, 0.25) is 0 Å². The second kappa shape index (κ2) is 11.1. The lowest BCUT2D eigenvalue weighted by molar-refractivity contribution is 0.0376. The number of hydrogen-bond donors (Lipinski definition) is 3. The molecule has 1 aliphatic heterocycles. The van der Waals surface area contributed by atoms with Crippen molar-refractivity contribution in [1.82, 2.24) is 10.2 Å². The average molecular weight is 348 g/mol. The van der Waals surface area contributed by atoms with Crippen molar-refractivity contribution >= 4 is 5.96 Å². The minimum Gasteiger partial charge on any atom is -0.393 e. The molecule has 6 heteroatoms. The molecule has 4 N–H and O–H groups in total. The van der Waals surface area contributed by atoms with Crippen LogP contribution < -0.4 is 11.1 Å². The summed E-state index contributed by atoms with van der Waals surface area (Å²) in [7, 11) is 0. The van der Waals surface area contributed by atoms with Crippen LogP contribution in [-0.2, 0) is 4.74 Å². The Morgan fingerprint density at radius 3 is 2.72 bits per heavy atom. The quantitative estimate of drug-likeness (QED) is 0.354. The predicted octanol–water partition coefficient (Wildman–Crippen LogP) is 1.17. The molecular formula is C19H32N4O2. The highest BCUT2D eigenvalue weighted by Crippen LogP contribution is 2.21. The summed E-state index contributed by atoms with van der Waals surface area (Å²) in [6, 6.07) is 10.2. The van der Waals surface area contributed by atoms with E-state index in [4.69, 9.17) is 10.5 Å². The van der Waals surface area contributed by atoms with E-state index in [1.807, 2.05) is 25.1 Å². The van der Waals surface area contributed by atoms with Crippen molar-refractivity contribution in [1.29, 1.82) is 0 Å². The SMILES string of the molecule is CC(O)CC(CN=C(N)NCCCN1CCOCC1)c1ccccc1. The molecule has 0 aromatic heterocycles. The molecule has 2 atom stereocenters. The number of nitrogens with zero attached hydrogens (tertiary/aromatic N) is 2. The highest BCUT2D eigenvalue weighted by atomic mass is 16.5. The standard InChI is InChI=1S/C19H32N4O2/c1-16(24)14-18(17-6-3-2-4-7-17)15-22-19(20)21-8-5-9-23-10-12-25-13-11-23/h2-4,6-7,16,18,24H,5,8-15H2,1H3,(H3,20,21,22). The molecule has 1 fully saturated rings. The summed E-state index contributed by atoms with van der Waals surface area (Å²) in [5, 5.41) is 12.9. The van der Waals surface area contributed by atoms with Crippen LogP contribution in [0.3, 0.4) is 0 Å². The van der Waals surface area contributed by atoms with Gasteiger partial charge in [0, 0.05) is 32.1 Å². The van der Waals surface area contributed by atoms with Crippen molar-refractivity contribution in [3.05, 3.63) is 35.9 Å². The summed E-state index contributed by atoms with van der Waals surface area (Å²) in [5.74, 6) is 0.656. The molecule has 0 saturated carbocycles. The first-order valence-electron chi connectivity index (χ1n) is 9.22. The van der Waals surface area contributed by atoms with Gasteiger partial charge in [0.1, 0.15) is 0 Å². The molecule has 1 aromatic carbocycles. The van der Waals surface area contributed by atoms with Crippen LogP contribution >= 0.6 is 0 Å². The van der Waals surface area contributed by atoms with Crippen molar-refractivity contribution in [2.24, 2.45) is 10.7 Å². The van der Waals surface area contributed by atoms with E-state index in [1.54, 1.807) is 0 Å². The molecule has 1 saturated heterocycles. The number of hydrogen-bond acceptors (Lipinski definition) is 4. The number of aliphatic hydroxyl groups is 1. The lowest BCUT2D eigenvalue weighted by atomic mass is 9.93. The number of benzene rings is 1. The van der Waals surface area contributed by atoms with Gasteiger partial charge < -0.3 is 20.9 Å². The molecule has 0 spiro atoms. The Morgan fingerprint density at radius 1 is 1.32 bits per heavy atom. The van der Waals surface area contributed by atoms with Gasteiger partial charge in [0.15, 0.2) is 5.96 Å². The van der Waals surface area contributed by atoms with Gasteiger partial charge in [-0.3, -0.25) is 9.89 Å². The van der Waals surface area contributed by atoms with Gasteiger partial charge in [-0.25, -0.2) is 0 Å². The fraction of sp³-hybridized carbons (Fsp3) is 0.632. The fourth-order valence-corrected chi connectivity index (χ4v) is 3.06. The molecular weight excluding hydrogens is 316 g/mol. The molecule has 140 valence electrons. The maximum atomic E-state index is 9.74. The highest BCUT2D eigenvalue weighted by molar-refractivity contribution is 5.77. The molecule has 25 heavy (non-hydrogen) atoms. The molecule has 0 bridgehead atoms. The Balaban J connectivity index is 1.73. The minimum absolute atomic E-state index is 0.176. The van der Waals surface area contributed by atoms with E-state index in [-0.39, 0.29) is 12.0 Å². The third-order valence-electron chi connectivity index (χ3n) is 4.44.